The van der Waals surface area contributed by atoms with Gasteiger partial charge in [0.2, 0.25) is 5.91 Å². The van der Waals surface area contributed by atoms with E-state index in [1.807, 2.05) is 0 Å². The largest absolute Gasteiger partial charge is 0.378 e. The Bertz CT molecular complexity index is 988. The fourth-order valence-corrected chi connectivity index (χ4v) is 4.36. The zero-order chi connectivity index (χ0) is 20.7. The number of amides is 1. The zero-order valence-electron chi connectivity index (χ0n) is 15.4. The molecule has 1 amide bonds. The summed E-state index contributed by atoms with van der Waals surface area (Å²) in [5.41, 5.74) is 0.811. The van der Waals surface area contributed by atoms with Crippen LogP contribution < -0.4 is 0 Å². The second-order valence-electron chi connectivity index (χ2n) is 7.24. The predicted octanol–water partition coefficient (Wildman–Crippen LogP) is 3.23. The number of nitrogens with zero attached hydrogens (tertiary/aromatic N) is 2. The number of rotatable bonds is 4. The van der Waals surface area contributed by atoms with Gasteiger partial charge in [0.1, 0.15) is 0 Å². The van der Waals surface area contributed by atoms with Crippen LogP contribution in [0.25, 0.3) is 0 Å². The van der Waals surface area contributed by atoms with Gasteiger partial charge in [-0.1, -0.05) is 0 Å². The molecule has 5 nitrogen and oxygen atoms in total. The van der Waals surface area contributed by atoms with Crippen LogP contribution in [-0.2, 0) is 28.9 Å². The first-order valence-electron chi connectivity index (χ1n) is 9.35. The van der Waals surface area contributed by atoms with Gasteiger partial charge in [-0.15, -0.1) is 0 Å². The van der Waals surface area contributed by atoms with E-state index in [0.717, 1.165) is 0 Å². The molecular formula is C19H19F4N3O2S. The molecule has 0 unspecified atom stereocenters. The van der Waals surface area contributed by atoms with Crippen molar-refractivity contribution in [3.63, 3.8) is 0 Å². The molecule has 1 N–H and O–H groups in total. The molecule has 0 spiro atoms. The highest BCUT2D eigenvalue weighted by atomic mass is 32.1. The van der Waals surface area contributed by atoms with Crippen molar-refractivity contribution in [3.8, 4) is 0 Å². The molecule has 29 heavy (non-hydrogen) atoms. The lowest BCUT2D eigenvalue weighted by Crippen LogP contribution is -2.40. The third-order valence-corrected chi connectivity index (χ3v) is 5.85. The maximum absolute atomic E-state index is 14.2. The molecule has 10 heteroatoms. The summed E-state index contributed by atoms with van der Waals surface area (Å²) in [5, 5.41) is 0. The Morgan fingerprint density at radius 2 is 1.83 bits per heavy atom. The molecule has 2 aromatic rings. The SMILES string of the molecule is O=C(CCc1[nH]c(=S)n2c1C[C@H](c1c(F)c(F)cc(F)c1F)C2)N1CCOCC1. The average molecular weight is 429 g/mol. The van der Waals surface area contributed by atoms with Crippen molar-refractivity contribution in [2.24, 2.45) is 0 Å². The highest BCUT2D eigenvalue weighted by Gasteiger charge is 2.33. The molecule has 1 fully saturated rings. The second kappa shape index (κ2) is 7.91. The lowest BCUT2D eigenvalue weighted by molar-refractivity contribution is -0.135. The number of hydrogen-bond acceptors (Lipinski definition) is 3. The lowest BCUT2D eigenvalue weighted by atomic mass is 9.94. The maximum Gasteiger partial charge on any atom is 0.223 e. The number of nitrogens with one attached hydrogen (secondary N) is 1. The molecule has 1 aromatic carbocycles. The minimum absolute atomic E-state index is 0.00796. The van der Waals surface area contributed by atoms with E-state index in [2.05, 4.69) is 4.98 Å². The van der Waals surface area contributed by atoms with Crippen molar-refractivity contribution >= 4 is 18.1 Å². The van der Waals surface area contributed by atoms with E-state index in [1.165, 1.54) is 0 Å². The minimum Gasteiger partial charge on any atom is -0.378 e. The highest BCUT2D eigenvalue weighted by molar-refractivity contribution is 7.71. The van der Waals surface area contributed by atoms with Crippen LogP contribution in [0, 0.1) is 28.0 Å². The summed E-state index contributed by atoms with van der Waals surface area (Å²) in [5.74, 6) is -6.38. The third kappa shape index (κ3) is 3.71. The molecule has 2 aliphatic rings. The Hall–Kier alpha value is -2.20. The van der Waals surface area contributed by atoms with Crippen molar-refractivity contribution in [2.45, 2.75) is 31.7 Å². The van der Waals surface area contributed by atoms with E-state index in [-0.39, 0.29) is 31.4 Å². The van der Waals surface area contributed by atoms with Crippen molar-refractivity contribution in [1.82, 2.24) is 14.5 Å². The number of fused-ring (bicyclic) bond motifs is 1. The van der Waals surface area contributed by atoms with Gasteiger partial charge in [-0.05, 0) is 25.1 Å². The van der Waals surface area contributed by atoms with Crippen molar-refractivity contribution < 1.29 is 27.1 Å². The van der Waals surface area contributed by atoms with Crippen LogP contribution in [0.1, 0.15) is 29.3 Å². The summed E-state index contributed by atoms with van der Waals surface area (Å²) in [7, 11) is 0. The van der Waals surface area contributed by atoms with Gasteiger partial charge < -0.3 is 19.2 Å². The van der Waals surface area contributed by atoms with Crippen molar-refractivity contribution in [3.05, 3.63) is 51.1 Å². The number of hydrogen-bond donors (Lipinski definition) is 1. The fraction of sp³-hybridized carbons (Fsp3) is 0.474. The fourth-order valence-electron chi connectivity index (χ4n) is 4.05. The summed E-state index contributed by atoms with van der Waals surface area (Å²) in [6, 6.07) is 0.207. The lowest BCUT2D eigenvalue weighted by Gasteiger charge is -2.26. The van der Waals surface area contributed by atoms with E-state index in [1.54, 1.807) is 9.47 Å². The maximum atomic E-state index is 14.2. The number of imidazole rings is 1. The first-order valence-corrected chi connectivity index (χ1v) is 9.76. The molecular weight excluding hydrogens is 410 g/mol. The number of aromatic amines is 1. The molecule has 0 radical (unpaired) electrons. The standard InChI is InChI=1S/C19H19F4N3O2S/c20-11-8-12(21)18(23)16(17(11)22)10-7-14-13(24-19(29)26(14)9-10)1-2-15(27)25-3-5-28-6-4-25/h8,10H,1-7,9H2,(H,24,29)/t10-/m0/s1. The summed E-state index contributed by atoms with van der Waals surface area (Å²) in [6.07, 6.45) is 0.812. The molecule has 156 valence electrons. The van der Waals surface area contributed by atoms with Gasteiger partial charge in [0.25, 0.3) is 0 Å². The van der Waals surface area contributed by atoms with Crippen LogP contribution in [-0.4, -0.2) is 46.7 Å². The Balaban J connectivity index is 1.53. The Morgan fingerprint density at radius 3 is 2.48 bits per heavy atom. The van der Waals surface area contributed by atoms with E-state index in [9.17, 15) is 22.4 Å². The molecule has 0 saturated carbocycles. The van der Waals surface area contributed by atoms with Crippen LogP contribution in [0.3, 0.4) is 0 Å². The van der Waals surface area contributed by atoms with Gasteiger partial charge in [0.15, 0.2) is 28.0 Å². The van der Waals surface area contributed by atoms with Gasteiger partial charge in [0.05, 0.1) is 13.2 Å². The molecule has 1 saturated heterocycles. The second-order valence-corrected chi connectivity index (χ2v) is 7.63. The number of aryl methyl sites for hydroxylation is 1. The summed E-state index contributed by atoms with van der Waals surface area (Å²) in [6.45, 7) is 2.24. The number of carbonyl (C=O) groups is 1. The number of carbonyl (C=O) groups excluding carboxylic acids is 1. The molecule has 0 bridgehead atoms. The smallest absolute Gasteiger partial charge is 0.223 e. The molecule has 2 aliphatic heterocycles. The minimum atomic E-state index is -1.42. The Morgan fingerprint density at radius 1 is 1.17 bits per heavy atom. The van der Waals surface area contributed by atoms with Crippen molar-refractivity contribution in [2.75, 3.05) is 26.3 Å². The Kier molecular flexibility index (Phi) is 5.48. The number of ether oxygens (including phenoxy) is 1. The van der Waals surface area contributed by atoms with Crippen LogP contribution >= 0.6 is 12.2 Å². The van der Waals surface area contributed by atoms with Gasteiger partial charge in [0, 0.05) is 55.0 Å². The van der Waals surface area contributed by atoms with Crippen LogP contribution in [0.2, 0.25) is 0 Å². The number of H-pyrrole nitrogens is 1. The number of halogens is 4. The van der Waals surface area contributed by atoms with Crippen molar-refractivity contribution in [1.29, 1.82) is 0 Å². The van der Waals surface area contributed by atoms with Gasteiger partial charge in [-0.2, -0.15) is 0 Å². The Labute approximate surface area is 169 Å². The van der Waals surface area contributed by atoms with Gasteiger partial charge in [-0.25, -0.2) is 17.6 Å². The van der Waals surface area contributed by atoms with E-state index in [0.29, 0.717) is 48.9 Å². The monoisotopic (exact) mass is 429 g/mol. The third-order valence-electron chi connectivity index (χ3n) is 5.53. The number of benzene rings is 1. The van der Waals surface area contributed by atoms with E-state index < -0.39 is 34.8 Å². The summed E-state index contributed by atoms with van der Waals surface area (Å²) in [4.78, 5) is 17.1. The predicted molar refractivity (Wildman–Crippen MR) is 98.1 cm³/mol. The molecule has 1 aromatic heterocycles. The topological polar surface area (TPSA) is 50.3 Å². The van der Waals surface area contributed by atoms with Crippen LogP contribution in [0.15, 0.2) is 6.07 Å². The van der Waals surface area contributed by atoms with Gasteiger partial charge >= 0.3 is 0 Å². The summed E-state index contributed by atoms with van der Waals surface area (Å²) < 4.78 is 62.9. The first-order chi connectivity index (χ1) is 13.9. The van der Waals surface area contributed by atoms with Gasteiger partial charge in [-0.3, -0.25) is 4.79 Å². The van der Waals surface area contributed by atoms with Crippen LogP contribution in [0.5, 0.6) is 0 Å². The highest BCUT2D eigenvalue weighted by Crippen LogP contribution is 2.36. The zero-order valence-corrected chi connectivity index (χ0v) is 16.3. The number of morpholine rings is 1. The molecule has 3 heterocycles. The first kappa shape index (κ1) is 20.1. The normalized spacial score (nSPS) is 18.9. The molecule has 0 aliphatic carbocycles. The molecule has 4 rings (SSSR count). The van der Waals surface area contributed by atoms with E-state index >= 15 is 0 Å². The quantitative estimate of drug-likeness (QED) is 0.461. The number of aromatic nitrogens is 2. The average Bonchev–Trinajstić information content (AvgIpc) is 3.26. The van der Waals surface area contributed by atoms with Crippen LogP contribution in [0.4, 0.5) is 17.6 Å². The summed E-state index contributed by atoms with van der Waals surface area (Å²) >= 11 is 5.28. The molecule has 1 atom stereocenters. The van der Waals surface area contributed by atoms with E-state index in [4.69, 9.17) is 17.0 Å².